The van der Waals surface area contributed by atoms with Gasteiger partial charge in [-0.15, -0.1) is 0 Å². The topological polar surface area (TPSA) is 65.2 Å². The summed E-state index contributed by atoms with van der Waals surface area (Å²) < 4.78 is 0. The van der Waals surface area contributed by atoms with Crippen molar-refractivity contribution in [2.45, 2.75) is 13.8 Å². The average Bonchev–Trinajstić information content (AvgIpc) is 2.30. The minimum atomic E-state index is 0.200. The highest BCUT2D eigenvalue weighted by Gasteiger charge is 2.03. The quantitative estimate of drug-likeness (QED) is 0.777. The molecule has 4 nitrogen and oxygen atoms in total. The molecule has 0 saturated carbocycles. The Kier molecular flexibility index (Phi) is 3.28. The molecule has 4 heteroatoms. The molecule has 18 heavy (non-hydrogen) atoms. The van der Waals surface area contributed by atoms with Crippen molar-refractivity contribution in [2.24, 2.45) is 10.2 Å². The molecule has 2 aromatic carbocycles. The fraction of sp³-hybridized carbons (Fsp3) is 0.143. The van der Waals surface area contributed by atoms with Gasteiger partial charge in [0, 0.05) is 0 Å². The van der Waals surface area contributed by atoms with Gasteiger partial charge in [-0.25, -0.2) is 0 Å². The van der Waals surface area contributed by atoms with Crippen LogP contribution in [0.2, 0.25) is 0 Å². The van der Waals surface area contributed by atoms with Crippen LogP contribution in [-0.2, 0) is 0 Å². The van der Waals surface area contributed by atoms with Crippen LogP contribution < -0.4 is 0 Å². The number of benzene rings is 2. The zero-order valence-electron chi connectivity index (χ0n) is 10.3. The molecule has 0 aromatic heterocycles. The van der Waals surface area contributed by atoms with Crippen molar-refractivity contribution in [1.29, 1.82) is 0 Å². The van der Waals surface area contributed by atoms with Crippen molar-refractivity contribution in [2.75, 3.05) is 0 Å². The third-order valence-corrected chi connectivity index (χ3v) is 2.59. The molecule has 2 N–H and O–H groups in total. The molecule has 0 amide bonds. The van der Waals surface area contributed by atoms with E-state index >= 15 is 0 Å². The first-order valence-electron chi connectivity index (χ1n) is 5.57. The van der Waals surface area contributed by atoms with E-state index in [1.165, 1.54) is 0 Å². The van der Waals surface area contributed by atoms with Gasteiger partial charge in [0.25, 0.3) is 0 Å². The van der Waals surface area contributed by atoms with Gasteiger partial charge in [0.2, 0.25) is 0 Å². The molecule has 0 fully saturated rings. The first-order valence-corrected chi connectivity index (χ1v) is 5.57. The molecule has 0 atom stereocenters. The van der Waals surface area contributed by atoms with Crippen LogP contribution in [-0.4, -0.2) is 10.2 Å². The van der Waals surface area contributed by atoms with Crippen LogP contribution in [0.5, 0.6) is 11.5 Å². The maximum Gasteiger partial charge on any atom is 0.116 e. The summed E-state index contributed by atoms with van der Waals surface area (Å²) in [5.41, 5.74) is 3.16. The number of azo groups is 1. The van der Waals surface area contributed by atoms with E-state index in [4.69, 9.17) is 5.11 Å². The zero-order chi connectivity index (χ0) is 13.1. The molecular weight excluding hydrogens is 228 g/mol. The summed E-state index contributed by atoms with van der Waals surface area (Å²) in [4.78, 5) is 0. The van der Waals surface area contributed by atoms with E-state index in [9.17, 15) is 5.11 Å². The fourth-order valence-electron chi connectivity index (χ4n) is 1.72. The van der Waals surface area contributed by atoms with Crippen molar-refractivity contribution in [3.63, 3.8) is 0 Å². The van der Waals surface area contributed by atoms with Gasteiger partial charge in [0.15, 0.2) is 0 Å². The summed E-state index contributed by atoms with van der Waals surface area (Å²) in [6, 6.07) is 9.79. The van der Waals surface area contributed by atoms with Gasteiger partial charge in [-0.1, -0.05) is 0 Å². The second-order valence-electron chi connectivity index (χ2n) is 4.14. The second kappa shape index (κ2) is 4.87. The molecule has 0 saturated heterocycles. The Labute approximate surface area is 105 Å². The molecule has 0 radical (unpaired) electrons. The maximum absolute atomic E-state index is 9.43. The Bertz CT molecular complexity index is 566. The van der Waals surface area contributed by atoms with E-state index in [2.05, 4.69) is 10.2 Å². The third kappa shape index (κ3) is 2.66. The lowest BCUT2D eigenvalue weighted by atomic mass is 10.1. The largest absolute Gasteiger partial charge is 0.508 e. The molecule has 2 aromatic rings. The standard InChI is InChI=1S/C14H14N2O2/c1-9-7-13(18)8-10(2)14(9)16-15-11-3-5-12(17)6-4-11/h3-8,17-18H,1-2H3. The van der Waals surface area contributed by atoms with Gasteiger partial charge in [0.05, 0.1) is 11.4 Å². The lowest BCUT2D eigenvalue weighted by molar-refractivity contribution is 0.474. The Hall–Kier alpha value is -2.36. The first kappa shape index (κ1) is 12.1. The van der Waals surface area contributed by atoms with Crippen LogP contribution in [0, 0.1) is 13.8 Å². The summed E-state index contributed by atoms with van der Waals surface area (Å²) in [5, 5.41) is 26.9. The van der Waals surface area contributed by atoms with Gasteiger partial charge in [-0.3, -0.25) is 0 Å². The summed E-state index contributed by atoms with van der Waals surface area (Å²) >= 11 is 0. The molecule has 92 valence electrons. The van der Waals surface area contributed by atoms with E-state index in [-0.39, 0.29) is 11.5 Å². The molecule has 0 heterocycles. The van der Waals surface area contributed by atoms with Crippen LogP contribution >= 0.6 is 0 Å². The monoisotopic (exact) mass is 242 g/mol. The lowest BCUT2D eigenvalue weighted by Crippen LogP contribution is -1.79. The summed E-state index contributed by atoms with van der Waals surface area (Å²) in [6.45, 7) is 3.75. The SMILES string of the molecule is Cc1cc(O)cc(C)c1N=Nc1ccc(O)cc1. The summed E-state index contributed by atoms with van der Waals surface area (Å²) in [7, 11) is 0. The van der Waals surface area contributed by atoms with E-state index in [1.807, 2.05) is 13.8 Å². The van der Waals surface area contributed by atoms with Gasteiger partial charge in [-0.05, 0) is 61.4 Å². The van der Waals surface area contributed by atoms with Crippen LogP contribution in [0.4, 0.5) is 11.4 Å². The number of hydrogen-bond donors (Lipinski definition) is 2. The third-order valence-electron chi connectivity index (χ3n) is 2.59. The molecule has 0 aliphatic rings. The van der Waals surface area contributed by atoms with Crippen LogP contribution in [0.1, 0.15) is 11.1 Å². The number of aromatic hydroxyl groups is 2. The highest BCUT2D eigenvalue weighted by Crippen LogP contribution is 2.29. The maximum atomic E-state index is 9.43. The van der Waals surface area contributed by atoms with E-state index < -0.39 is 0 Å². The number of rotatable bonds is 2. The zero-order valence-corrected chi connectivity index (χ0v) is 10.3. The molecule has 0 spiro atoms. The first-order chi connectivity index (χ1) is 8.56. The van der Waals surface area contributed by atoms with Crippen molar-refractivity contribution >= 4 is 11.4 Å². The molecule has 0 unspecified atom stereocenters. The van der Waals surface area contributed by atoms with E-state index in [0.717, 1.165) is 16.8 Å². The van der Waals surface area contributed by atoms with Crippen molar-refractivity contribution in [1.82, 2.24) is 0 Å². The highest BCUT2D eigenvalue weighted by atomic mass is 16.3. The van der Waals surface area contributed by atoms with E-state index in [0.29, 0.717) is 5.69 Å². The number of phenolic OH excluding ortho intramolecular Hbond substituents is 2. The minimum Gasteiger partial charge on any atom is -0.508 e. The highest BCUT2D eigenvalue weighted by molar-refractivity contribution is 5.55. The molecule has 0 aliphatic carbocycles. The van der Waals surface area contributed by atoms with Gasteiger partial charge in [0.1, 0.15) is 11.5 Å². The summed E-state index contributed by atoms with van der Waals surface area (Å²) in [6.07, 6.45) is 0. The lowest BCUT2D eigenvalue weighted by Gasteiger charge is -2.04. The minimum absolute atomic E-state index is 0.200. The van der Waals surface area contributed by atoms with Gasteiger partial charge < -0.3 is 10.2 Å². The number of phenols is 2. The number of aryl methyl sites for hydroxylation is 2. The predicted octanol–water partition coefficient (Wildman–Crippen LogP) is 4.13. The van der Waals surface area contributed by atoms with E-state index in [1.54, 1.807) is 36.4 Å². The summed E-state index contributed by atoms with van der Waals surface area (Å²) in [5.74, 6) is 0.430. The molecular formula is C14H14N2O2. The average molecular weight is 242 g/mol. The Morgan fingerprint density at radius 3 is 1.89 bits per heavy atom. The number of hydrogen-bond acceptors (Lipinski definition) is 4. The van der Waals surface area contributed by atoms with Crippen molar-refractivity contribution in [3.05, 3.63) is 47.5 Å². The van der Waals surface area contributed by atoms with Crippen molar-refractivity contribution in [3.8, 4) is 11.5 Å². The van der Waals surface area contributed by atoms with Crippen LogP contribution in [0.15, 0.2) is 46.6 Å². The predicted molar refractivity (Wildman–Crippen MR) is 69.9 cm³/mol. The van der Waals surface area contributed by atoms with Crippen molar-refractivity contribution < 1.29 is 10.2 Å². The van der Waals surface area contributed by atoms with Crippen LogP contribution in [0.3, 0.4) is 0 Å². The Morgan fingerprint density at radius 1 is 0.778 bits per heavy atom. The smallest absolute Gasteiger partial charge is 0.116 e. The Morgan fingerprint density at radius 2 is 1.33 bits per heavy atom. The second-order valence-corrected chi connectivity index (χ2v) is 4.14. The number of nitrogens with zero attached hydrogens (tertiary/aromatic N) is 2. The molecule has 0 bridgehead atoms. The molecule has 0 aliphatic heterocycles. The molecule has 2 rings (SSSR count). The normalized spacial score (nSPS) is 11.0. The fourth-order valence-corrected chi connectivity index (χ4v) is 1.72. The van der Waals surface area contributed by atoms with Gasteiger partial charge in [-0.2, -0.15) is 10.2 Å². The van der Waals surface area contributed by atoms with Crippen LogP contribution in [0.25, 0.3) is 0 Å². The van der Waals surface area contributed by atoms with Gasteiger partial charge >= 0.3 is 0 Å². The Balaban J connectivity index is 2.31.